The molecular weight excluding hydrogens is 433 g/mol. The predicted molar refractivity (Wildman–Crippen MR) is 120 cm³/mol. The van der Waals surface area contributed by atoms with Crippen LogP contribution in [-0.4, -0.2) is 80.7 Å². The average Bonchev–Trinajstić information content (AvgIpc) is 3.07. The highest BCUT2D eigenvalue weighted by Crippen LogP contribution is 2.25. The maximum Gasteiger partial charge on any atom is 0.332 e. The number of halogens is 2. The second-order valence-corrected chi connectivity index (χ2v) is 7.74. The zero-order chi connectivity index (χ0) is 20.0. The highest BCUT2D eigenvalue weighted by molar-refractivity contribution is 5.95. The number of aryl methyl sites for hydroxylation is 2. The van der Waals surface area contributed by atoms with Crippen LogP contribution in [0.2, 0.25) is 0 Å². The number of anilines is 1. The van der Waals surface area contributed by atoms with Crippen molar-refractivity contribution in [2.24, 2.45) is 14.1 Å². The van der Waals surface area contributed by atoms with E-state index in [2.05, 4.69) is 21.8 Å². The third kappa shape index (κ3) is 4.14. The van der Waals surface area contributed by atoms with Crippen molar-refractivity contribution < 1.29 is 4.79 Å². The summed E-state index contributed by atoms with van der Waals surface area (Å²) >= 11 is 0. The number of rotatable bonds is 4. The van der Waals surface area contributed by atoms with E-state index in [1.165, 1.54) is 11.6 Å². The van der Waals surface area contributed by atoms with Crippen LogP contribution in [0.5, 0.6) is 0 Å². The number of likely N-dealkylation sites (N-methyl/N-ethyl adjacent to an activating group) is 1. The van der Waals surface area contributed by atoms with Crippen LogP contribution in [0.4, 0.5) is 5.95 Å². The van der Waals surface area contributed by atoms with Crippen LogP contribution in [0.15, 0.2) is 9.59 Å². The van der Waals surface area contributed by atoms with E-state index >= 15 is 0 Å². The number of piperazine rings is 1. The SMILES string of the molecule is CN1CCN(CCCN2C(=O)CCn3c2nc2c3c(=O)n(C)c(=O)n2C)CC1.Cl.Cl. The molecule has 2 aromatic rings. The van der Waals surface area contributed by atoms with Gasteiger partial charge in [-0.15, -0.1) is 24.8 Å². The molecule has 12 heteroatoms. The molecule has 2 aliphatic heterocycles. The number of carbonyl (C=O) groups excluding carboxylic acids is 1. The van der Waals surface area contributed by atoms with Gasteiger partial charge in [0.1, 0.15) is 0 Å². The molecule has 0 atom stereocenters. The molecule has 4 heterocycles. The first kappa shape index (κ1) is 24.4. The number of fused-ring (bicyclic) bond motifs is 3. The van der Waals surface area contributed by atoms with Gasteiger partial charge in [0.05, 0.1) is 0 Å². The summed E-state index contributed by atoms with van der Waals surface area (Å²) in [6.45, 7) is 6.11. The summed E-state index contributed by atoms with van der Waals surface area (Å²) in [5.41, 5.74) is -0.0671. The number of hydrogen-bond acceptors (Lipinski definition) is 6. The number of imidazole rings is 1. The van der Waals surface area contributed by atoms with Crippen molar-refractivity contribution in [2.45, 2.75) is 19.4 Å². The van der Waals surface area contributed by atoms with E-state index in [4.69, 9.17) is 0 Å². The van der Waals surface area contributed by atoms with Crippen molar-refractivity contribution >= 4 is 47.8 Å². The Morgan fingerprint density at radius 2 is 1.53 bits per heavy atom. The van der Waals surface area contributed by atoms with E-state index in [0.717, 1.165) is 43.7 Å². The zero-order valence-corrected chi connectivity index (χ0v) is 19.2. The fraction of sp³-hybridized carbons (Fsp3) is 0.667. The molecule has 0 N–H and O–H groups in total. The number of carbonyl (C=O) groups is 1. The Bertz CT molecular complexity index is 1040. The summed E-state index contributed by atoms with van der Waals surface area (Å²) in [6, 6.07) is 0. The Hall–Kier alpha value is -1.88. The molecule has 0 unspecified atom stereocenters. The normalized spacial score (nSPS) is 17.6. The fourth-order valence-electron chi connectivity index (χ4n) is 4.06. The first-order valence-corrected chi connectivity index (χ1v) is 9.76. The van der Waals surface area contributed by atoms with E-state index in [9.17, 15) is 14.4 Å². The topological polar surface area (TPSA) is 88.6 Å². The molecule has 168 valence electrons. The first-order chi connectivity index (χ1) is 13.4. The van der Waals surface area contributed by atoms with E-state index in [1.54, 1.807) is 16.5 Å². The minimum atomic E-state index is -0.416. The molecule has 0 aliphatic carbocycles. The Morgan fingerprint density at radius 3 is 2.20 bits per heavy atom. The molecule has 1 saturated heterocycles. The largest absolute Gasteiger partial charge is 0.332 e. The third-order valence-electron chi connectivity index (χ3n) is 5.87. The van der Waals surface area contributed by atoms with E-state index in [0.29, 0.717) is 36.6 Å². The van der Waals surface area contributed by atoms with Gasteiger partial charge in [-0.1, -0.05) is 0 Å². The molecule has 30 heavy (non-hydrogen) atoms. The van der Waals surface area contributed by atoms with Crippen molar-refractivity contribution in [2.75, 3.05) is 51.2 Å². The molecule has 1 amide bonds. The summed E-state index contributed by atoms with van der Waals surface area (Å²) < 4.78 is 4.24. The van der Waals surface area contributed by atoms with Gasteiger partial charge < -0.3 is 14.4 Å². The second kappa shape index (κ2) is 9.51. The van der Waals surface area contributed by atoms with E-state index < -0.39 is 5.69 Å². The van der Waals surface area contributed by atoms with Crippen LogP contribution in [0.25, 0.3) is 11.2 Å². The van der Waals surface area contributed by atoms with E-state index in [1.807, 2.05) is 0 Å². The average molecular weight is 462 g/mol. The minimum Gasteiger partial charge on any atom is -0.304 e. The van der Waals surface area contributed by atoms with Gasteiger partial charge in [-0.2, -0.15) is 4.98 Å². The van der Waals surface area contributed by atoms with Crippen molar-refractivity contribution in [1.29, 1.82) is 0 Å². The Balaban J connectivity index is 0.00000160. The smallest absolute Gasteiger partial charge is 0.304 e. The molecule has 1 fully saturated rings. The summed E-state index contributed by atoms with van der Waals surface area (Å²) in [7, 11) is 5.19. The summed E-state index contributed by atoms with van der Waals surface area (Å²) in [5.74, 6) is 0.492. The molecule has 2 aliphatic rings. The maximum absolute atomic E-state index is 12.6. The lowest BCUT2D eigenvalue weighted by atomic mass is 10.2. The highest BCUT2D eigenvalue weighted by atomic mass is 35.5. The molecular formula is C18H29Cl2N7O3. The van der Waals surface area contributed by atoms with Gasteiger partial charge in [0.15, 0.2) is 11.2 Å². The lowest BCUT2D eigenvalue weighted by Gasteiger charge is -2.33. The highest BCUT2D eigenvalue weighted by Gasteiger charge is 2.30. The molecule has 10 nitrogen and oxygen atoms in total. The predicted octanol–water partition coefficient (Wildman–Crippen LogP) is -0.348. The maximum atomic E-state index is 12.6. The van der Waals surface area contributed by atoms with Crippen LogP contribution < -0.4 is 16.1 Å². The molecule has 0 saturated carbocycles. The summed E-state index contributed by atoms with van der Waals surface area (Å²) in [5, 5.41) is 0. The number of nitrogens with zero attached hydrogens (tertiary/aromatic N) is 7. The Morgan fingerprint density at radius 1 is 0.867 bits per heavy atom. The van der Waals surface area contributed by atoms with E-state index in [-0.39, 0.29) is 36.3 Å². The second-order valence-electron chi connectivity index (χ2n) is 7.74. The fourth-order valence-corrected chi connectivity index (χ4v) is 4.06. The standard InChI is InChI=1S/C18H27N7O3.2ClH/c1-20-9-11-23(12-10-20)6-4-7-24-13(26)5-8-25-14-15(19-17(24)25)21(2)18(28)22(3)16(14)27;;/h4-12H2,1-3H3;2*1H. The van der Waals surface area contributed by atoms with Crippen LogP contribution >= 0.6 is 24.8 Å². The molecule has 2 aromatic heterocycles. The third-order valence-corrected chi connectivity index (χ3v) is 5.87. The van der Waals surface area contributed by atoms with Gasteiger partial charge in [-0.25, -0.2) is 4.79 Å². The number of aromatic nitrogens is 4. The quantitative estimate of drug-likeness (QED) is 0.618. The van der Waals surface area contributed by atoms with Crippen molar-refractivity contribution in [3.05, 3.63) is 20.8 Å². The molecule has 0 bridgehead atoms. The van der Waals surface area contributed by atoms with Gasteiger partial charge >= 0.3 is 5.69 Å². The Kier molecular flexibility index (Phi) is 7.73. The van der Waals surface area contributed by atoms with Gasteiger partial charge in [-0.3, -0.25) is 23.6 Å². The molecule has 0 spiro atoms. The number of hydrogen-bond donors (Lipinski definition) is 0. The van der Waals surface area contributed by atoms with Gasteiger partial charge in [0.2, 0.25) is 11.9 Å². The van der Waals surface area contributed by atoms with Crippen LogP contribution in [0.1, 0.15) is 12.8 Å². The monoisotopic (exact) mass is 461 g/mol. The lowest BCUT2D eigenvalue weighted by Crippen LogP contribution is -2.45. The summed E-state index contributed by atoms with van der Waals surface area (Å²) in [4.78, 5) is 48.3. The lowest BCUT2D eigenvalue weighted by molar-refractivity contribution is -0.119. The van der Waals surface area contributed by atoms with Crippen molar-refractivity contribution in [1.82, 2.24) is 28.5 Å². The molecule has 0 aromatic carbocycles. The number of amides is 1. The molecule has 0 radical (unpaired) electrons. The zero-order valence-electron chi connectivity index (χ0n) is 17.5. The van der Waals surface area contributed by atoms with Crippen LogP contribution in [0.3, 0.4) is 0 Å². The van der Waals surface area contributed by atoms with Gasteiger partial charge in [0.25, 0.3) is 5.56 Å². The van der Waals surface area contributed by atoms with Crippen LogP contribution in [0, 0.1) is 0 Å². The van der Waals surface area contributed by atoms with Crippen molar-refractivity contribution in [3.8, 4) is 0 Å². The summed E-state index contributed by atoms with van der Waals surface area (Å²) in [6.07, 6.45) is 1.18. The minimum absolute atomic E-state index is 0. The Labute approximate surface area is 186 Å². The first-order valence-electron chi connectivity index (χ1n) is 9.76. The van der Waals surface area contributed by atoms with Gasteiger partial charge in [-0.05, 0) is 20.0 Å². The van der Waals surface area contributed by atoms with Crippen LogP contribution in [-0.2, 0) is 25.4 Å². The molecule has 4 rings (SSSR count). The van der Waals surface area contributed by atoms with Crippen molar-refractivity contribution in [3.63, 3.8) is 0 Å². The van der Waals surface area contributed by atoms with Gasteiger partial charge in [0, 0.05) is 59.8 Å².